The third-order valence-corrected chi connectivity index (χ3v) is 2.45. The number of ketones is 1. The number of halogens is 4. The zero-order valence-electron chi connectivity index (χ0n) is 8.71. The van der Waals surface area contributed by atoms with Crippen molar-refractivity contribution in [2.24, 2.45) is 0 Å². The van der Waals surface area contributed by atoms with Crippen LogP contribution < -0.4 is 0 Å². The highest BCUT2D eigenvalue weighted by molar-refractivity contribution is 6.31. The summed E-state index contributed by atoms with van der Waals surface area (Å²) in [5.41, 5.74) is -2.99. The van der Waals surface area contributed by atoms with Crippen molar-refractivity contribution in [2.45, 2.75) is 6.18 Å². The van der Waals surface area contributed by atoms with Gasteiger partial charge in [0.25, 0.3) is 0 Å². The van der Waals surface area contributed by atoms with Crippen LogP contribution >= 0.6 is 11.6 Å². The zero-order chi connectivity index (χ0) is 13.9. The lowest BCUT2D eigenvalue weighted by atomic mass is 9.95. The lowest BCUT2D eigenvalue weighted by molar-refractivity contribution is -0.137. The molecule has 94 valence electrons. The van der Waals surface area contributed by atoms with Gasteiger partial charge in [0.15, 0.2) is 12.1 Å². The van der Waals surface area contributed by atoms with Crippen LogP contribution in [-0.4, -0.2) is 17.9 Å². The quantitative estimate of drug-likeness (QED) is 0.484. The molecule has 0 saturated heterocycles. The van der Waals surface area contributed by atoms with Gasteiger partial charge in [-0.15, -0.1) is 11.6 Å². The molecule has 0 aliphatic carbocycles. The second kappa shape index (κ2) is 5.19. The molecule has 0 amide bonds. The van der Waals surface area contributed by atoms with Crippen LogP contribution in [0, 0.1) is 11.3 Å². The number of carbonyl (C=O) groups is 2. The molecule has 0 heterocycles. The Morgan fingerprint density at radius 1 is 1.44 bits per heavy atom. The first-order valence-electron chi connectivity index (χ1n) is 4.55. The number of alkyl halides is 4. The van der Waals surface area contributed by atoms with Gasteiger partial charge in [-0.3, -0.25) is 9.59 Å². The van der Waals surface area contributed by atoms with E-state index in [1.165, 1.54) is 6.07 Å². The fourth-order valence-electron chi connectivity index (χ4n) is 1.41. The second-order valence-corrected chi connectivity index (χ2v) is 3.50. The van der Waals surface area contributed by atoms with Crippen molar-refractivity contribution in [3.8, 4) is 6.07 Å². The van der Waals surface area contributed by atoms with Gasteiger partial charge in [-0.1, -0.05) is 0 Å². The Kier molecular flexibility index (Phi) is 4.09. The predicted molar refractivity (Wildman–Crippen MR) is 56.6 cm³/mol. The van der Waals surface area contributed by atoms with Gasteiger partial charge in [0.2, 0.25) is 0 Å². The number of carbonyl (C=O) groups excluding carboxylic acids is 2. The molecule has 0 unspecified atom stereocenters. The summed E-state index contributed by atoms with van der Waals surface area (Å²) in [7, 11) is 0. The number of nitriles is 1. The molecule has 1 aromatic carbocycles. The first-order valence-corrected chi connectivity index (χ1v) is 5.09. The standard InChI is InChI=1S/C11H5ClF3NO2/c12-3-10(18)6-1-2-9(11(13,14)15)7(4-16)8(6)5-17/h1-2,5H,3H2. The van der Waals surface area contributed by atoms with Crippen molar-refractivity contribution < 1.29 is 22.8 Å². The van der Waals surface area contributed by atoms with Crippen LogP contribution in [0.5, 0.6) is 0 Å². The lowest BCUT2D eigenvalue weighted by Crippen LogP contribution is -2.14. The van der Waals surface area contributed by atoms with Gasteiger partial charge in [-0.25, -0.2) is 0 Å². The largest absolute Gasteiger partial charge is 0.417 e. The molecule has 3 nitrogen and oxygen atoms in total. The van der Waals surface area contributed by atoms with Crippen LogP contribution in [0.1, 0.15) is 31.8 Å². The Morgan fingerprint density at radius 2 is 2.06 bits per heavy atom. The normalized spacial score (nSPS) is 10.8. The van der Waals surface area contributed by atoms with E-state index < -0.39 is 34.5 Å². The summed E-state index contributed by atoms with van der Waals surface area (Å²) in [5.74, 6) is -1.21. The smallest absolute Gasteiger partial charge is 0.298 e. The Bertz CT molecular complexity index is 546. The van der Waals surface area contributed by atoms with E-state index in [1.54, 1.807) is 0 Å². The third-order valence-electron chi connectivity index (χ3n) is 2.20. The number of rotatable bonds is 3. The van der Waals surface area contributed by atoms with E-state index in [0.717, 1.165) is 6.07 Å². The van der Waals surface area contributed by atoms with Gasteiger partial charge in [-0.2, -0.15) is 18.4 Å². The van der Waals surface area contributed by atoms with Gasteiger partial charge in [-0.05, 0) is 12.1 Å². The van der Waals surface area contributed by atoms with E-state index in [-0.39, 0.29) is 11.8 Å². The summed E-state index contributed by atoms with van der Waals surface area (Å²) in [5, 5.41) is 8.72. The molecule has 0 aliphatic heterocycles. The molecule has 0 aromatic heterocycles. The summed E-state index contributed by atoms with van der Waals surface area (Å²) in [4.78, 5) is 22.1. The Morgan fingerprint density at radius 3 is 2.44 bits per heavy atom. The summed E-state index contributed by atoms with van der Waals surface area (Å²) < 4.78 is 37.8. The average Bonchev–Trinajstić information content (AvgIpc) is 2.34. The Balaban J connectivity index is 3.63. The second-order valence-electron chi connectivity index (χ2n) is 3.23. The molecule has 0 spiro atoms. The summed E-state index contributed by atoms with van der Waals surface area (Å²) >= 11 is 5.27. The van der Waals surface area contributed by atoms with E-state index in [1.807, 2.05) is 0 Å². The van der Waals surface area contributed by atoms with Gasteiger partial charge in [0.1, 0.15) is 6.07 Å². The predicted octanol–water partition coefficient (Wildman–Crippen LogP) is 2.81. The maximum absolute atomic E-state index is 12.6. The van der Waals surface area contributed by atoms with Crippen LogP contribution in [0.3, 0.4) is 0 Å². The van der Waals surface area contributed by atoms with E-state index in [4.69, 9.17) is 16.9 Å². The average molecular weight is 276 g/mol. The van der Waals surface area contributed by atoms with Crippen LogP contribution in [-0.2, 0) is 6.18 Å². The van der Waals surface area contributed by atoms with Gasteiger partial charge in [0.05, 0.1) is 17.0 Å². The molecule has 0 N–H and O–H groups in total. The van der Waals surface area contributed by atoms with Crippen molar-refractivity contribution in [1.29, 1.82) is 5.26 Å². The molecule has 18 heavy (non-hydrogen) atoms. The van der Waals surface area contributed by atoms with E-state index in [2.05, 4.69) is 0 Å². The first-order chi connectivity index (χ1) is 8.36. The minimum Gasteiger partial charge on any atom is -0.298 e. The van der Waals surface area contributed by atoms with E-state index in [9.17, 15) is 22.8 Å². The van der Waals surface area contributed by atoms with Crippen molar-refractivity contribution in [1.82, 2.24) is 0 Å². The molecule has 0 atom stereocenters. The molecule has 0 aliphatic rings. The number of benzene rings is 1. The van der Waals surface area contributed by atoms with Gasteiger partial charge >= 0.3 is 6.18 Å². The summed E-state index contributed by atoms with van der Waals surface area (Å²) in [6.07, 6.45) is -4.72. The van der Waals surface area contributed by atoms with Crippen LogP contribution in [0.4, 0.5) is 13.2 Å². The fraction of sp³-hybridized carbons (Fsp3) is 0.182. The van der Waals surface area contributed by atoms with Crippen LogP contribution in [0.25, 0.3) is 0 Å². The lowest BCUT2D eigenvalue weighted by Gasteiger charge is -2.12. The molecule has 1 aromatic rings. The Hall–Kier alpha value is -1.87. The molecule has 7 heteroatoms. The van der Waals surface area contributed by atoms with Crippen LogP contribution in [0.15, 0.2) is 12.1 Å². The molecule has 1 rings (SSSR count). The van der Waals surface area contributed by atoms with Crippen molar-refractivity contribution >= 4 is 23.7 Å². The fourth-order valence-corrected chi connectivity index (χ4v) is 1.56. The Labute approximate surface area is 105 Å². The minimum atomic E-state index is -4.77. The maximum Gasteiger partial charge on any atom is 0.417 e. The highest BCUT2D eigenvalue weighted by atomic mass is 35.5. The number of Topliss-reactive ketones (excluding diaryl/α,β-unsaturated/α-hetero) is 1. The summed E-state index contributed by atoms with van der Waals surface area (Å²) in [6, 6.07) is 2.73. The van der Waals surface area contributed by atoms with Gasteiger partial charge < -0.3 is 0 Å². The minimum absolute atomic E-state index is 0.0492. The van der Waals surface area contributed by atoms with Crippen LogP contribution in [0.2, 0.25) is 0 Å². The number of aldehydes is 1. The van der Waals surface area contributed by atoms with E-state index in [0.29, 0.717) is 6.07 Å². The molecular weight excluding hydrogens is 271 g/mol. The molecule has 0 radical (unpaired) electrons. The van der Waals surface area contributed by atoms with Crippen molar-refractivity contribution in [2.75, 3.05) is 5.88 Å². The number of nitrogens with zero attached hydrogens (tertiary/aromatic N) is 1. The topological polar surface area (TPSA) is 57.9 Å². The van der Waals surface area contributed by atoms with Gasteiger partial charge in [0, 0.05) is 11.1 Å². The van der Waals surface area contributed by atoms with Crippen molar-refractivity contribution in [3.05, 3.63) is 34.4 Å². The highest BCUT2D eigenvalue weighted by Gasteiger charge is 2.35. The van der Waals surface area contributed by atoms with Crippen molar-refractivity contribution in [3.63, 3.8) is 0 Å². The molecular formula is C11H5ClF3NO2. The maximum atomic E-state index is 12.6. The highest BCUT2D eigenvalue weighted by Crippen LogP contribution is 2.33. The summed E-state index contributed by atoms with van der Waals surface area (Å²) in [6.45, 7) is 0. The third kappa shape index (κ3) is 2.51. The molecule has 0 saturated carbocycles. The molecule has 0 fully saturated rings. The van der Waals surface area contributed by atoms with E-state index >= 15 is 0 Å². The SMILES string of the molecule is N#Cc1c(C(F)(F)F)ccc(C(=O)CCl)c1C=O. The monoisotopic (exact) mass is 275 g/mol. The zero-order valence-corrected chi connectivity index (χ0v) is 9.47. The number of hydrogen-bond donors (Lipinski definition) is 0. The first kappa shape index (κ1) is 14.2. The molecule has 0 bridgehead atoms. The number of hydrogen-bond acceptors (Lipinski definition) is 3.